The fraction of sp³-hybridized carbons (Fsp3) is 0.909. The van der Waals surface area contributed by atoms with Crippen molar-refractivity contribution < 1.29 is 4.74 Å². The van der Waals surface area contributed by atoms with E-state index >= 15 is 0 Å². The molecule has 0 atom stereocenters. The first-order valence-corrected chi connectivity index (χ1v) is 5.86. The van der Waals surface area contributed by atoms with Gasteiger partial charge in [0.05, 0.1) is 0 Å². The summed E-state index contributed by atoms with van der Waals surface area (Å²) in [6.45, 7) is 4.47. The number of rotatable bonds is 7. The van der Waals surface area contributed by atoms with Crippen LogP contribution >= 0.6 is 0 Å². The second kappa shape index (κ2) is 6.67. The smallest absolute Gasteiger partial charge is 0.191 e. The average molecular weight is 213 g/mol. The third-order valence-corrected chi connectivity index (χ3v) is 2.63. The van der Waals surface area contributed by atoms with Gasteiger partial charge in [0.2, 0.25) is 0 Å². The van der Waals surface area contributed by atoms with Crippen LogP contribution in [0.5, 0.6) is 0 Å². The molecule has 0 unspecified atom stereocenters. The van der Waals surface area contributed by atoms with E-state index in [1.807, 2.05) is 14.0 Å². The maximum atomic E-state index is 5.84. The molecule has 0 aliphatic heterocycles. The maximum Gasteiger partial charge on any atom is 0.191 e. The van der Waals surface area contributed by atoms with Crippen LogP contribution in [0.4, 0.5) is 0 Å². The number of nitrogens with zero attached hydrogens (tertiary/aromatic N) is 2. The molecular formula is C11H23N3O. The summed E-state index contributed by atoms with van der Waals surface area (Å²) in [7, 11) is 2.02. The largest absolute Gasteiger partial charge is 0.382 e. The molecule has 88 valence electrons. The molecule has 0 aromatic rings. The molecule has 4 nitrogen and oxygen atoms in total. The number of hydrogen-bond donors (Lipinski definition) is 1. The molecule has 15 heavy (non-hydrogen) atoms. The van der Waals surface area contributed by atoms with Crippen LogP contribution in [0.2, 0.25) is 0 Å². The third-order valence-electron chi connectivity index (χ3n) is 2.63. The number of unbranched alkanes of at least 4 members (excludes halogenated alkanes) is 1. The van der Waals surface area contributed by atoms with Crippen LogP contribution in [0.15, 0.2) is 4.99 Å². The van der Waals surface area contributed by atoms with E-state index in [9.17, 15) is 0 Å². The van der Waals surface area contributed by atoms with Crippen molar-refractivity contribution in [2.75, 3.05) is 26.8 Å². The Morgan fingerprint density at radius 3 is 2.80 bits per heavy atom. The Bertz CT molecular complexity index is 202. The van der Waals surface area contributed by atoms with E-state index in [-0.39, 0.29) is 0 Å². The van der Waals surface area contributed by atoms with Crippen molar-refractivity contribution in [2.24, 2.45) is 10.7 Å². The highest BCUT2D eigenvalue weighted by Crippen LogP contribution is 2.24. The monoisotopic (exact) mass is 213 g/mol. The van der Waals surface area contributed by atoms with Crippen LogP contribution in [-0.2, 0) is 4.74 Å². The van der Waals surface area contributed by atoms with Gasteiger partial charge in [-0.05, 0) is 32.6 Å². The Morgan fingerprint density at radius 1 is 1.47 bits per heavy atom. The molecule has 0 aromatic heterocycles. The second-order valence-electron chi connectivity index (χ2n) is 3.99. The normalized spacial score (nSPS) is 16.8. The topological polar surface area (TPSA) is 50.9 Å². The summed E-state index contributed by atoms with van der Waals surface area (Å²) in [5.41, 5.74) is 5.84. The third kappa shape index (κ3) is 5.02. The Hall–Kier alpha value is -0.770. The molecule has 1 saturated carbocycles. The van der Waals surface area contributed by atoms with Crippen LogP contribution in [-0.4, -0.2) is 43.7 Å². The lowest BCUT2D eigenvalue weighted by Gasteiger charge is -2.16. The fourth-order valence-corrected chi connectivity index (χ4v) is 1.41. The molecule has 1 fully saturated rings. The standard InChI is InChI=1S/C11H23N3O/c1-3-15-9-5-4-8-13-11(12)14(2)10-6-7-10/h10H,3-9H2,1-2H3,(H2,12,13). The van der Waals surface area contributed by atoms with Gasteiger partial charge in [-0.2, -0.15) is 0 Å². The molecule has 0 amide bonds. The highest BCUT2D eigenvalue weighted by molar-refractivity contribution is 5.78. The highest BCUT2D eigenvalue weighted by Gasteiger charge is 2.27. The molecule has 2 N–H and O–H groups in total. The van der Waals surface area contributed by atoms with Crippen molar-refractivity contribution in [3.63, 3.8) is 0 Å². The Morgan fingerprint density at radius 2 is 2.20 bits per heavy atom. The zero-order chi connectivity index (χ0) is 11.1. The van der Waals surface area contributed by atoms with Crippen molar-refractivity contribution in [1.29, 1.82) is 0 Å². The minimum atomic E-state index is 0.650. The summed E-state index contributed by atoms with van der Waals surface area (Å²) in [5, 5.41) is 0. The molecular weight excluding hydrogens is 190 g/mol. The highest BCUT2D eigenvalue weighted by atomic mass is 16.5. The predicted octanol–water partition coefficient (Wildman–Crippen LogP) is 1.21. The zero-order valence-electron chi connectivity index (χ0n) is 9.91. The lowest BCUT2D eigenvalue weighted by molar-refractivity contribution is 0.144. The molecule has 0 aromatic carbocycles. The van der Waals surface area contributed by atoms with E-state index in [0.717, 1.165) is 32.6 Å². The number of nitrogens with two attached hydrogens (primary N) is 1. The summed E-state index contributed by atoms with van der Waals surface area (Å²) in [4.78, 5) is 6.43. The van der Waals surface area contributed by atoms with Crippen LogP contribution in [0, 0.1) is 0 Å². The maximum absolute atomic E-state index is 5.84. The van der Waals surface area contributed by atoms with E-state index in [0.29, 0.717) is 12.0 Å². The Labute approximate surface area is 92.5 Å². The van der Waals surface area contributed by atoms with E-state index in [2.05, 4.69) is 9.89 Å². The van der Waals surface area contributed by atoms with Gasteiger partial charge in [0.1, 0.15) is 0 Å². The van der Waals surface area contributed by atoms with Crippen molar-refractivity contribution in [2.45, 2.75) is 38.6 Å². The van der Waals surface area contributed by atoms with Gasteiger partial charge in [-0.3, -0.25) is 4.99 Å². The number of guanidine groups is 1. The van der Waals surface area contributed by atoms with Gasteiger partial charge in [-0.15, -0.1) is 0 Å². The summed E-state index contributed by atoms with van der Waals surface area (Å²) in [5.74, 6) is 0.689. The first-order chi connectivity index (χ1) is 7.25. The molecule has 1 aliphatic carbocycles. The van der Waals surface area contributed by atoms with Gasteiger partial charge >= 0.3 is 0 Å². The van der Waals surface area contributed by atoms with Gasteiger partial charge in [-0.1, -0.05) is 0 Å². The molecule has 0 radical (unpaired) electrons. The van der Waals surface area contributed by atoms with Crippen LogP contribution in [0.3, 0.4) is 0 Å². The van der Waals surface area contributed by atoms with Crippen molar-refractivity contribution in [3.8, 4) is 0 Å². The summed E-state index contributed by atoms with van der Waals surface area (Å²) >= 11 is 0. The summed E-state index contributed by atoms with van der Waals surface area (Å²) < 4.78 is 5.25. The van der Waals surface area contributed by atoms with E-state index in [1.165, 1.54) is 12.8 Å². The second-order valence-corrected chi connectivity index (χ2v) is 3.99. The molecule has 4 heteroatoms. The fourth-order valence-electron chi connectivity index (χ4n) is 1.41. The van der Waals surface area contributed by atoms with Crippen LogP contribution in [0.1, 0.15) is 32.6 Å². The average Bonchev–Trinajstić information content (AvgIpc) is 3.05. The molecule has 0 bridgehead atoms. The Kier molecular flexibility index (Phi) is 5.47. The minimum Gasteiger partial charge on any atom is -0.382 e. The summed E-state index contributed by atoms with van der Waals surface area (Å²) in [6.07, 6.45) is 4.64. The van der Waals surface area contributed by atoms with Crippen molar-refractivity contribution in [3.05, 3.63) is 0 Å². The van der Waals surface area contributed by atoms with Gasteiger partial charge in [0, 0.05) is 32.8 Å². The lowest BCUT2D eigenvalue weighted by atomic mass is 10.3. The molecule has 0 spiro atoms. The molecule has 0 saturated heterocycles. The number of aliphatic imine (C=N–C) groups is 1. The predicted molar refractivity (Wildman–Crippen MR) is 63.0 cm³/mol. The SMILES string of the molecule is CCOCCCCN=C(N)N(C)C1CC1. The van der Waals surface area contributed by atoms with E-state index in [4.69, 9.17) is 10.5 Å². The van der Waals surface area contributed by atoms with E-state index in [1.54, 1.807) is 0 Å². The van der Waals surface area contributed by atoms with Crippen LogP contribution < -0.4 is 5.73 Å². The Balaban J connectivity index is 2.03. The zero-order valence-corrected chi connectivity index (χ0v) is 9.91. The van der Waals surface area contributed by atoms with Gasteiger partial charge in [0.15, 0.2) is 5.96 Å². The van der Waals surface area contributed by atoms with Crippen molar-refractivity contribution in [1.82, 2.24) is 4.90 Å². The first kappa shape index (κ1) is 12.3. The van der Waals surface area contributed by atoms with Gasteiger partial charge in [0.25, 0.3) is 0 Å². The minimum absolute atomic E-state index is 0.650. The molecule has 1 aliphatic rings. The quantitative estimate of drug-likeness (QED) is 0.393. The van der Waals surface area contributed by atoms with Crippen molar-refractivity contribution >= 4 is 5.96 Å². The molecule has 1 rings (SSSR count). The van der Waals surface area contributed by atoms with Crippen LogP contribution in [0.25, 0.3) is 0 Å². The van der Waals surface area contributed by atoms with E-state index < -0.39 is 0 Å². The van der Waals surface area contributed by atoms with Gasteiger partial charge in [-0.25, -0.2) is 0 Å². The number of ether oxygens (including phenoxy) is 1. The molecule has 0 heterocycles. The van der Waals surface area contributed by atoms with Gasteiger partial charge < -0.3 is 15.4 Å². The first-order valence-electron chi connectivity index (χ1n) is 5.86. The summed E-state index contributed by atoms with van der Waals surface area (Å²) in [6, 6.07) is 0.650. The lowest BCUT2D eigenvalue weighted by Crippen LogP contribution is -2.35. The number of hydrogen-bond acceptors (Lipinski definition) is 2.